The van der Waals surface area contributed by atoms with Crippen LogP contribution in [0.4, 0.5) is 0 Å². The van der Waals surface area contributed by atoms with Gasteiger partial charge in [-0.3, -0.25) is 4.90 Å². The Hall–Kier alpha value is -0.0800. The molecule has 0 amide bonds. The molecule has 1 aliphatic carbocycles. The average Bonchev–Trinajstić information content (AvgIpc) is 3.09. The van der Waals surface area contributed by atoms with Crippen LogP contribution in [0.2, 0.25) is 0 Å². The molecule has 0 bridgehead atoms. The fourth-order valence-corrected chi connectivity index (χ4v) is 3.43. The second-order valence-electron chi connectivity index (χ2n) is 6.04. The van der Waals surface area contributed by atoms with E-state index in [0.29, 0.717) is 11.6 Å². The van der Waals surface area contributed by atoms with Gasteiger partial charge < -0.3 is 5.32 Å². The van der Waals surface area contributed by atoms with Crippen molar-refractivity contribution >= 4 is 0 Å². The molecule has 1 saturated carbocycles. The van der Waals surface area contributed by atoms with E-state index in [9.17, 15) is 0 Å². The van der Waals surface area contributed by atoms with Crippen LogP contribution in [-0.2, 0) is 0 Å². The normalized spacial score (nSPS) is 36.9. The monoisotopic (exact) mass is 224 g/mol. The Morgan fingerprint density at radius 2 is 1.94 bits per heavy atom. The topological polar surface area (TPSA) is 15.3 Å². The summed E-state index contributed by atoms with van der Waals surface area (Å²) in [5.74, 6) is 0.952. The Kier molecular flexibility index (Phi) is 3.60. The highest BCUT2D eigenvalue weighted by atomic mass is 15.3. The lowest BCUT2D eigenvalue weighted by molar-refractivity contribution is -0.00199. The number of hydrogen-bond acceptors (Lipinski definition) is 2. The van der Waals surface area contributed by atoms with Crippen molar-refractivity contribution in [2.24, 2.45) is 5.92 Å². The molecule has 2 rings (SSSR count). The predicted octanol–water partition coefficient (Wildman–Crippen LogP) is 2.64. The molecule has 2 aliphatic rings. The van der Waals surface area contributed by atoms with Gasteiger partial charge in [0.25, 0.3) is 0 Å². The first-order chi connectivity index (χ1) is 7.61. The largest absolute Gasteiger partial charge is 0.311 e. The van der Waals surface area contributed by atoms with E-state index >= 15 is 0 Å². The van der Waals surface area contributed by atoms with Crippen molar-refractivity contribution in [1.82, 2.24) is 10.2 Å². The first-order valence-corrected chi connectivity index (χ1v) is 7.12. The Morgan fingerprint density at radius 1 is 1.31 bits per heavy atom. The molecule has 2 nitrogen and oxygen atoms in total. The van der Waals surface area contributed by atoms with Crippen LogP contribution >= 0.6 is 0 Å². The van der Waals surface area contributed by atoms with Gasteiger partial charge in [0.1, 0.15) is 0 Å². The van der Waals surface area contributed by atoms with Gasteiger partial charge in [-0.1, -0.05) is 13.8 Å². The first kappa shape index (κ1) is 12.4. The maximum Gasteiger partial charge on any atom is 0.0337 e. The maximum absolute atomic E-state index is 3.69. The smallest absolute Gasteiger partial charge is 0.0337 e. The molecule has 2 unspecified atom stereocenters. The maximum atomic E-state index is 3.69. The molecule has 1 heterocycles. The van der Waals surface area contributed by atoms with Gasteiger partial charge in [-0.25, -0.2) is 0 Å². The summed E-state index contributed by atoms with van der Waals surface area (Å²) in [7, 11) is 0. The van der Waals surface area contributed by atoms with Crippen molar-refractivity contribution in [3.8, 4) is 0 Å². The molecular weight excluding hydrogens is 196 g/mol. The minimum absolute atomic E-state index is 0.434. The van der Waals surface area contributed by atoms with Crippen LogP contribution < -0.4 is 5.32 Å². The van der Waals surface area contributed by atoms with E-state index in [0.717, 1.165) is 12.0 Å². The fourth-order valence-electron chi connectivity index (χ4n) is 3.43. The van der Waals surface area contributed by atoms with Crippen molar-refractivity contribution in [1.29, 1.82) is 0 Å². The van der Waals surface area contributed by atoms with Crippen LogP contribution in [0.1, 0.15) is 53.4 Å². The van der Waals surface area contributed by atoms with Gasteiger partial charge in [-0.05, 0) is 45.4 Å². The second-order valence-corrected chi connectivity index (χ2v) is 6.04. The van der Waals surface area contributed by atoms with Crippen LogP contribution in [0.25, 0.3) is 0 Å². The first-order valence-electron chi connectivity index (χ1n) is 7.12. The molecule has 1 aliphatic heterocycles. The van der Waals surface area contributed by atoms with Gasteiger partial charge in [0, 0.05) is 30.7 Å². The summed E-state index contributed by atoms with van der Waals surface area (Å²) < 4.78 is 0. The van der Waals surface area contributed by atoms with E-state index in [4.69, 9.17) is 0 Å². The molecule has 0 radical (unpaired) electrons. The third-order valence-corrected chi connectivity index (χ3v) is 4.78. The third kappa shape index (κ3) is 2.14. The molecule has 1 N–H and O–H groups in total. The van der Waals surface area contributed by atoms with Crippen LogP contribution in [0.15, 0.2) is 0 Å². The van der Waals surface area contributed by atoms with Gasteiger partial charge in [-0.15, -0.1) is 0 Å². The summed E-state index contributed by atoms with van der Waals surface area (Å²) in [5.41, 5.74) is 0.434. The SMILES string of the molecule is CCC(CC)N1CC(C)NCC1(C)C1CC1. The van der Waals surface area contributed by atoms with E-state index in [-0.39, 0.29) is 0 Å². The Bertz CT molecular complexity index is 233. The van der Waals surface area contributed by atoms with E-state index in [1.165, 1.54) is 38.8 Å². The van der Waals surface area contributed by atoms with Gasteiger partial charge >= 0.3 is 0 Å². The van der Waals surface area contributed by atoms with Gasteiger partial charge in [0.05, 0.1) is 0 Å². The highest BCUT2D eigenvalue weighted by Crippen LogP contribution is 2.45. The predicted molar refractivity (Wildman–Crippen MR) is 69.7 cm³/mol. The zero-order valence-electron chi connectivity index (χ0n) is 11.4. The molecule has 16 heavy (non-hydrogen) atoms. The van der Waals surface area contributed by atoms with Crippen molar-refractivity contribution < 1.29 is 0 Å². The minimum atomic E-state index is 0.434. The van der Waals surface area contributed by atoms with Crippen molar-refractivity contribution in [2.75, 3.05) is 13.1 Å². The van der Waals surface area contributed by atoms with Crippen molar-refractivity contribution in [3.63, 3.8) is 0 Å². The van der Waals surface area contributed by atoms with Crippen LogP contribution in [0.3, 0.4) is 0 Å². The number of rotatable bonds is 4. The van der Waals surface area contributed by atoms with E-state index in [1.807, 2.05) is 0 Å². The summed E-state index contributed by atoms with van der Waals surface area (Å²) in [4.78, 5) is 2.83. The lowest BCUT2D eigenvalue weighted by Crippen LogP contribution is -2.66. The van der Waals surface area contributed by atoms with Crippen molar-refractivity contribution in [3.05, 3.63) is 0 Å². The molecule has 0 aromatic carbocycles. The van der Waals surface area contributed by atoms with Gasteiger partial charge in [0.2, 0.25) is 0 Å². The van der Waals surface area contributed by atoms with E-state index < -0.39 is 0 Å². The Labute approximate surface area is 101 Å². The zero-order chi connectivity index (χ0) is 11.8. The molecule has 2 fully saturated rings. The minimum Gasteiger partial charge on any atom is -0.311 e. The van der Waals surface area contributed by atoms with Gasteiger partial charge in [-0.2, -0.15) is 0 Å². The number of nitrogens with zero attached hydrogens (tertiary/aromatic N) is 1. The summed E-state index contributed by atoms with van der Waals surface area (Å²) >= 11 is 0. The molecule has 94 valence electrons. The summed E-state index contributed by atoms with van der Waals surface area (Å²) in [6.45, 7) is 11.9. The van der Waals surface area contributed by atoms with Crippen LogP contribution in [0.5, 0.6) is 0 Å². The molecule has 0 aromatic rings. The van der Waals surface area contributed by atoms with Crippen LogP contribution in [-0.4, -0.2) is 35.6 Å². The summed E-state index contributed by atoms with van der Waals surface area (Å²) in [6.07, 6.45) is 5.49. The lowest BCUT2D eigenvalue weighted by Gasteiger charge is -2.51. The molecule has 2 atom stereocenters. The molecule has 0 spiro atoms. The Balaban J connectivity index is 2.14. The number of hydrogen-bond donors (Lipinski definition) is 1. The average molecular weight is 224 g/mol. The standard InChI is InChI=1S/C14H28N2/c1-5-13(6-2)16-9-11(3)15-10-14(16,4)12-7-8-12/h11-13,15H,5-10H2,1-4H3. The zero-order valence-corrected chi connectivity index (χ0v) is 11.4. The molecule has 2 heteroatoms. The highest BCUT2D eigenvalue weighted by Gasteiger charge is 2.49. The lowest BCUT2D eigenvalue weighted by atomic mass is 9.87. The van der Waals surface area contributed by atoms with E-state index in [1.54, 1.807) is 0 Å². The summed E-state index contributed by atoms with van der Waals surface area (Å²) in [6, 6.07) is 1.45. The Morgan fingerprint density at radius 3 is 2.44 bits per heavy atom. The number of nitrogens with one attached hydrogen (secondary N) is 1. The van der Waals surface area contributed by atoms with Crippen LogP contribution in [0, 0.1) is 5.92 Å². The summed E-state index contributed by atoms with van der Waals surface area (Å²) in [5, 5.41) is 3.69. The quantitative estimate of drug-likeness (QED) is 0.790. The molecule has 1 saturated heterocycles. The van der Waals surface area contributed by atoms with Gasteiger partial charge in [0.15, 0.2) is 0 Å². The molecular formula is C14H28N2. The molecule has 0 aromatic heterocycles. The highest BCUT2D eigenvalue weighted by molar-refractivity contribution is 5.05. The van der Waals surface area contributed by atoms with E-state index in [2.05, 4.69) is 37.9 Å². The number of piperazine rings is 1. The van der Waals surface area contributed by atoms with Crippen molar-refractivity contribution in [2.45, 2.75) is 71.0 Å². The second kappa shape index (κ2) is 4.66. The third-order valence-electron chi connectivity index (χ3n) is 4.78. The fraction of sp³-hybridized carbons (Fsp3) is 1.00.